The second-order valence-electron chi connectivity index (χ2n) is 7.08. The van der Waals surface area contributed by atoms with E-state index in [-0.39, 0.29) is 5.91 Å². The van der Waals surface area contributed by atoms with Gasteiger partial charge in [0.05, 0.1) is 11.9 Å². The molecule has 1 aromatic rings. The van der Waals surface area contributed by atoms with Gasteiger partial charge in [-0.25, -0.2) is 8.42 Å². The van der Waals surface area contributed by atoms with Gasteiger partial charge in [0, 0.05) is 26.1 Å². The molecule has 0 aliphatic carbocycles. The van der Waals surface area contributed by atoms with Crippen LogP contribution in [0, 0.1) is 13.8 Å². The van der Waals surface area contributed by atoms with Gasteiger partial charge in [-0.2, -0.15) is 0 Å². The molecule has 1 amide bonds. The predicted octanol–water partition coefficient (Wildman–Crippen LogP) is 3.25. The molecule has 1 aliphatic heterocycles. The minimum atomic E-state index is -3.37. The van der Waals surface area contributed by atoms with Crippen LogP contribution in [0.15, 0.2) is 18.2 Å². The zero-order valence-corrected chi connectivity index (χ0v) is 16.4. The number of rotatable bonds is 6. The first-order valence-corrected chi connectivity index (χ1v) is 11.0. The molecule has 2 rings (SSSR count). The molecule has 0 radical (unpaired) electrons. The number of carbonyl (C=O) groups excluding carboxylic acids is 1. The monoisotopic (exact) mass is 366 g/mol. The van der Waals surface area contributed by atoms with E-state index in [0.717, 1.165) is 37.1 Å². The maximum absolute atomic E-state index is 12.4. The van der Waals surface area contributed by atoms with Gasteiger partial charge in [0.1, 0.15) is 0 Å². The molecule has 140 valence electrons. The van der Waals surface area contributed by atoms with Gasteiger partial charge < -0.3 is 4.90 Å². The van der Waals surface area contributed by atoms with Crippen LogP contribution in [0.5, 0.6) is 0 Å². The van der Waals surface area contributed by atoms with E-state index in [9.17, 15) is 13.2 Å². The lowest BCUT2D eigenvalue weighted by molar-refractivity contribution is -0.131. The summed E-state index contributed by atoms with van der Waals surface area (Å²) in [7, 11) is -3.37. The number of anilines is 1. The molecule has 1 aliphatic rings. The van der Waals surface area contributed by atoms with E-state index in [1.165, 1.54) is 23.4 Å². The molecule has 0 bridgehead atoms. The molecule has 0 aromatic heterocycles. The Kier molecular flexibility index (Phi) is 6.87. The summed E-state index contributed by atoms with van der Waals surface area (Å²) in [5.74, 6) is 0.149. The quantitative estimate of drug-likeness (QED) is 0.776. The standard InChI is InChI=1S/C19H30N2O3S/c1-16-13-17(2)15-18(14-16)21(25(3,23)24)12-8-9-19(22)20-10-6-4-5-7-11-20/h13-15H,4-12H2,1-3H3. The summed E-state index contributed by atoms with van der Waals surface area (Å²) >= 11 is 0. The zero-order chi connectivity index (χ0) is 18.4. The van der Waals surface area contributed by atoms with E-state index in [0.29, 0.717) is 25.1 Å². The third-order valence-corrected chi connectivity index (χ3v) is 5.80. The van der Waals surface area contributed by atoms with Crippen LogP contribution in [0.25, 0.3) is 0 Å². The Morgan fingerprint density at radius 1 is 1.04 bits per heavy atom. The lowest BCUT2D eigenvalue weighted by Crippen LogP contribution is -2.34. The Morgan fingerprint density at radius 3 is 2.12 bits per heavy atom. The highest BCUT2D eigenvalue weighted by Gasteiger charge is 2.20. The lowest BCUT2D eigenvalue weighted by atomic mass is 10.1. The average molecular weight is 367 g/mol. The van der Waals surface area contributed by atoms with E-state index in [1.807, 2.05) is 36.9 Å². The normalized spacial score (nSPS) is 15.7. The van der Waals surface area contributed by atoms with Crippen LogP contribution in [-0.2, 0) is 14.8 Å². The fourth-order valence-corrected chi connectivity index (χ4v) is 4.38. The van der Waals surface area contributed by atoms with Crippen LogP contribution < -0.4 is 4.31 Å². The molecule has 1 heterocycles. The minimum absolute atomic E-state index is 0.149. The summed E-state index contributed by atoms with van der Waals surface area (Å²) in [6, 6.07) is 5.78. The van der Waals surface area contributed by atoms with Crippen LogP contribution in [0.2, 0.25) is 0 Å². The molecular weight excluding hydrogens is 336 g/mol. The highest BCUT2D eigenvalue weighted by Crippen LogP contribution is 2.22. The molecule has 1 fully saturated rings. The fraction of sp³-hybridized carbons (Fsp3) is 0.632. The minimum Gasteiger partial charge on any atom is -0.343 e. The van der Waals surface area contributed by atoms with Gasteiger partial charge in [-0.1, -0.05) is 18.9 Å². The fourth-order valence-electron chi connectivity index (χ4n) is 3.43. The Morgan fingerprint density at radius 2 is 1.60 bits per heavy atom. The van der Waals surface area contributed by atoms with Crippen LogP contribution in [0.1, 0.15) is 49.7 Å². The number of benzene rings is 1. The molecule has 6 heteroatoms. The maximum atomic E-state index is 12.4. The summed E-state index contributed by atoms with van der Waals surface area (Å²) in [5.41, 5.74) is 2.75. The van der Waals surface area contributed by atoms with Gasteiger partial charge in [0.25, 0.3) is 0 Å². The topological polar surface area (TPSA) is 57.7 Å². The van der Waals surface area contributed by atoms with Crippen molar-refractivity contribution in [3.05, 3.63) is 29.3 Å². The van der Waals surface area contributed by atoms with Gasteiger partial charge in [-0.05, 0) is 56.4 Å². The first kappa shape index (κ1) is 19.8. The smallest absolute Gasteiger partial charge is 0.232 e. The van der Waals surface area contributed by atoms with Crippen molar-refractivity contribution >= 4 is 21.6 Å². The largest absolute Gasteiger partial charge is 0.343 e. The van der Waals surface area contributed by atoms with Gasteiger partial charge in [-0.15, -0.1) is 0 Å². The van der Waals surface area contributed by atoms with E-state index in [2.05, 4.69) is 0 Å². The van der Waals surface area contributed by atoms with Crippen LogP contribution in [0.4, 0.5) is 5.69 Å². The lowest BCUT2D eigenvalue weighted by Gasteiger charge is -2.24. The number of sulfonamides is 1. The van der Waals surface area contributed by atoms with Gasteiger partial charge in [0.2, 0.25) is 15.9 Å². The van der Waals surface area contributed by atoms with Gasteiger partial charge >= 0.3 is 0 Å². The molecule has 25 heavy (non-hydrogen) atoms. The van der Waals surface area contributed by atoms with Crippen molar-refractivity contribution in [1.29, 1.82) is 0 Å². The number of likely N-dealkylation sites (tertiary alicyclic amines) is 1. The zero-order valence-electron chi connectivity index (χ0n) is 15.6. The first-order chi connectivity index (χ1) is 11.8. The van der Waals surface area contributed by atoms with Crippen molar-refractivity contribution in [3.63, 3.8) is 0 Å². The van der Waals surface area contributed by atoms with E-state index in [4.69, 9.17) is 0 Å². The summed E-state index contributed by atoms with van der Waals surface area (Å²) < 4.78 is 25.8. The molecule has 0 N–H and O–H groups in total. The van der Waals surface area contributed by atoms with Crippen molar-refractivity contribution in [2.75, 3.05) is 30.2 Å². The summed E-state index contributed by atoms with van der Waals surface area (Å²) in [5, 5.41) is 0. The summed E-state index contributed by atoms with van der Waals surface area (Å²) in [6.07, 6.45) is 6.69. The highest BCUT2D eigenvalue weighted by atomic mass is 32.2. The number of aryl methyl sites for hydroxylation is 2. The van der Waals surface area contributed by atoms with Crippen LogP contribution in [0.3, 0.4) is 0 Å². The van der Waals surface area contributed by atoms with Crippen molar-refractivity contribution in [2.24, 2.45) is 0 Å². The molecule has 0 saturated carbocycles. The molecule has 0 atom stereocenters. The Balaban J connectivity index is 2.00. The van der Waals surface area contributed by atoms with Crippen molar-refractivity contribution in [1.82, 2.24) is 4.90 Å². The summed E-state index contributed by atoms with van der Waals surface area (Å²) in [4.78, 5) is 14.3. The van der Waals surface area contributed by atoms with Crippen LogP contribution >= 0.6 is 0 Å². The molecule has 1 saturated heterocycles. The highest BCUT2D eigenvalue weighted by molar-refractivity contribution is 7.92. The average Bonchev–Trinajstić information content (AvgIpc) is 2.78. The third kappa shape index (κ3) is 6.03. The summed E-state index contributed by atoms with van der Waals surface area (Å²) in [6.45, 7) is 5.93. The van der Waals surface area contributed by atoms with Crippen LogP contribution in [-0.4, -0.2) is 45.1 Å². The van der Waals surface area contributed by atoms with Crippen molar-refractivity contribution in [3.8, 4) is 0 Å². The Hall–Kier alpha value is -1.56. The van der Waals surface area contributed by atoms with E-state index in [1.54, 1.807) is 0 Å². The van der Waals surface area contributed by atoms with E-state index >= 15 is 0 Å². The van der Waals surface area contributed by atoms with Crippen molar-refractivity contribution < 1.29 is 13.2 Å². The SMILES string of the molecule is Cc1cc(C)cc(N(CCCC(=O)N2CCCCCC2)S(C)(=O)=O)c1. The number of amides is 1. The number of hydrogen-bond acceptors (Lipinski definition) is 3. The number of nitrogens with zero attached hydrogens (tertiary/aromatic N) is 2. The second-order valence-corrected chi connectivity index (χ2v) is 8.99. The second kappa shape index (κ2) is 8.70. The van der Waals surface area contributed by atoms with Crippen molar-refractivity contribution in [2.45, 2.75) is 52.4 Å². The molecule has 0 unspecified atom stereocenters. The Labute approximate surface area is 152 Å². The van der Waals surface area contributed by atoms with Gasteiger partial charge in [-0.3, -0.25) is 9.10 Å². The first-order valence-electron chi connectivity index (χ1n) is 9.11. The Bertz CT molecular complexity index is 672. The third-order valence-electron chi connectivity index (χ3n) is 4.61. The predicted molar refractivity (Wildman–Crippen MR) is 102 cm³/mol. The molecule has 5 nitrogen and oxygen atoms in total. The van der Waals surface area contributed by atoms with E-state index < -0.39 is 10.0 Å². The maximum Gasteiger partial charge on any atom is 0.232 e. The molecular formula is C19H30N2O3S. The number of carbonyl (C=O) groups is 1. The number of hydrogen-bond donors (Lipinski definition) is 0. The van der Waals surface area contributed by atoms with Gasteiger partial charge in [0.15, 0.2) is 0 Å². The molecule has 1 aromatic carbocycles. The molecule has 0 spiro atoms.